The molecule has 1 amide bonds. The highest BCUT2D eigenvalue weighted by Gasteiger charge is 2.51. The first-order valence-electron chi connectivity index (χ1n) is 11.4. The summed E-state index contributed by atoms with van der Waals surface area (Å²) in [5.74, 6) is -3.36. The van der Waals surface area contributed by atoms with E-state index in [4.69, 9.17) is 21.5 Å². The van der Waals surface area contributed by atoms with E-state index in [2.05, 4.69) is 10.0 Å². The Morgan fingerprint density at radius 3 is 2.05 bits per heavy atom. The standard InChI is InChI=1S/C22H24ClFN2O3S.C2HF3O2/c23-19-14-18(10-11-20(19)24)30(28,29)26-17-8-6-15(7-9-17)22(12-13-22)21(27)25-16-4-2-1-3-5-16;3-2(4,5)1(6)7/h6-11,14,16,26H,1-5,12-13H2,(H,25,27);(H,6,7). The normalized spacial score (nSPS) is 17.2. The third-order valence-electron chi connectivity index (χ3n) is 6.26. The summed E-state index contributed by atoms with van der Waals surface area (Å²) in [6.07, 6.45) is 2.14. The zero-order valence-electron chi connectivity index (χ0n) is 19.4. The van der Waals surface area contributed by atoms with E-state index in [1.165, 1.54) is 6.42 Å². The van der Waals surface area contributed by atoms with Crippen LogP contribution in [0.2, 0.25) is 5.02 Å². The molecule has 2 aromatic rings. The highest BCUT2D eigenvalue weighted by molar-refractivity contribution is 7.92. The fraction of sp³-hybridized carbons (Fsp3) is 0.417. The lowest BCUT2D eigenvalue weighted by atomic mass is 9.91. The Bertz CT molecular complexity index is 1240. The van der Waals surface area contributed by atoms with Crippen LogP contribution < -0.4 is 10.0 Å². The molecule has 0 aromatic heterocycles. The number of anilines is 1. The number of rotatable bonds is 6. The molecule has 2 aromatic carbocycles. The topological polar surface area (TPSA) is 113 Å². The summed E-state index contributed by atoms with van der Waals surface area (Å²) in [5, 5.41) is 10.1. The van der Waals surface area contributed by atoms with Crippen molar-refractivity contribution in [1.29, 1.82) is 0 Å². The summed E-state index contributed by atoms with van der Waals surface area (Å²) < 4.78 is 72.6. The zero-order chi connectivity index (χ0) is 27.4. The van der Waals surface area contributed by atoms with Gasteiger partial charge in [0.15, 0.2) is 0 Å². The van der Waals surface area contributed by atoms with Gasteiger partial charge in [0.2, 0.25) is 5.91 Å². The summed E-state index contributed by atoms with van der Waals surface area (Å²) in [7, 11) is -3.90. The van der Waals surface area contributed by atoms with Gasteiger partial charge in [0, 0.05) is 11.7 Å². The molecule has 0 unspecified atom stereocenters. The van der Waals surface area contributed by atoms with Crippen molar-refractivity contribution in [2.45, 2.75) is 67.5 Å². The van der Waals surface area contributed by atoms with Crippen molar-refractivity contribution >= 4 is 39.2 Å². The molecule has 0 heterocycles. The first kappa shape index (κ1) is 28.7. The van der Waals surface area contributed by atoms with Crippen LogP contribution in [0, 0.1) is 5.82 Å². The lowest BCUT2D eigenvalue weighted by Gasteiger charge is -2.25. The number of amides is 1. The predicted molar refractivity (Wildman–Crippen MR) is 128 cm³/mol. The van der Waals surface area contributed by atoms with Gasteiger partial charge in [-0.2, -0.15) is 13.2 Å². The number of carbonyl (C=O) groups is 2. The summed E-state index contributed by atoms with van der Waals surface area (Å²) >= 11 is 5.70. The van der Waals surface area contributed by atoms with Crippen molar-refractivity contribution in [3.63, 3.8) is 0 Å². The molecule has 0 saturated heterocycles. The smallest absolute Gasteiger partial charge is 0.475 e. The van der Waals surface area contributed by atoms with E-state index in [0.29, 0.717) is 5.69 Å². The van der Waals surface area contributed by atoms with Gasteiger partial charge in [0.05, 0.1) is 15.3 Å². The average Bonchev–Trinajstić information content (AvgIpc) is 3.64. The fourth-order valence-electron chi connectivity index (χ4n) is 4.06. The van der Waals surface area contributed by atoms with Crippen LogP contribution >= 0.6 is 11.6 Å². The summed E-state index contributed by atoms with van der Waals surface area (Å²) in [6.45, 7) is 0. The van der Waals surface area contributed by atoms with Gasteiger partial charge in [-0.05, 0) is 61.6 Å². The van der Waals surface area contributed by atoms with Crippen LogP contribution in [-0.4, -0.2) is 37.6 Å². The van der Waals surface area contributed by atoms with E-state index in [-0.39, 0.29) is 21.9 Å². The van der Waals surface area contributed by atoms with Gasteiger partial charge < -0.3 is 10.4 Å². The van der Waals surface area contributed by atoms with Crippen molar-refractivity contribution in [3.8, 4) is 0 Å². The Balaban J connectivity index is 0.000000479. The largest absolute Gasteiger partial charge is 0.490 e. The van der Waals surface area contributed by atoms with E-state index >= 15 is 0 Å². The van der Waals surface area contributed by atoms with Crippen LogP contribution in [-0.2, 0) is 25.0 Å². The molecule has 0 radical (unpaired) electrons. The molecule has 4 rings (SSSR count). The molecule has 2 aliphatic carbocycles. The molecular weight excluding hydrogens is 540 g/mol. The number of aliphatic carboxylic acids is 1. The number of benzene rings is 2. The highest BCUT2D eigenvalue weighted by atomic mass is 35.5. The van der Waals surface area contributed by atoms with Crippen molar-refractivity contribution in [3.05, 3.63) is 58.9 Å². The monoisotopic (exact) mass is 564 g/mol. The van der Waals surface area contributed by atoms with Gasteiger partial charge in [-0.3, -0.25) is 9.52 Å². The van der Waals surface area contributed by atoms with Crippen LogP contribution in [0.5, 0.6) is 0 Å². The maximum atomic E-state index is 13.3. The maximum Gasteiger partial charge on any atom is 0.490 e. The van der Waals surface area contributed by atoms with Gasteiger partial charge in [0.1, 0.15) is 5.82 Å². The quantitative estimate of drug-likeness (QED) is 0.407. The molecule has 3 N–H and O–H groups in total. The number of sulfonamides is 1. The Kier molecular flexibility index (Phi) is 8.74. The summed E-state index contributed by atoms with van der Waals surface area (Å²) in [4.78, 5) is 21.7. The number of alkyl halides is 3. The van der Waals surface area contributed by atoms with Crippen molar-refractivity contribution < 1.29 is 40.7 Å². The van der Waals surface area contributed by atoms with Crippen molar-refractivity contribution in [1.82, 2.24) is 5.32 Å². The summed E-state index contributed by atoms with van der Waals surface area (Å²) in [6, 6.07) is 10.4. The molecule has 7 nitrogen and oxygen atoms in total. The molecule has 2 saturated carbocycles. The van der Waals surface area contributed by atoms with E-state index < -0.39 is 33.4 Å². The first-order valence-corrected chi connectivity index (χ1v) is 13.3. The maximum absolute atomic E-state index is 13.3. The number of halogens is 5. The number of carboxylic acids is 1. The van der Waals surface area contributed by atoms with Gasteiger partial charge in [0.25, 0.3) is 10.0 Å². The minimum Gasteiger partial charge on any atom is -0.475 e. The second-order valence-electron chi connectivity index (χ2n) is 8.95. The second kappa shape index (κ2) is 11.3. The Morgan fingerprint density at radius 1 is 1.00 bits per heavy atom. The third-order valence-corrected chi connectivity index (χ3v) is 7.93. The van der Waals surface area contributed by atoms with Crippen LogP contribution in [0.1, 0.15) is 50.5 Å². The third kappa shape index (κ3) is 7.35. The fourth-order valence-corrected chi connectivity index (χ4v) is 5.39. The van der Waals surface area contributed by atoms with E-state index in [0.717, 1.165) is 62.3 Å². The number of carbonyl (C=O) groups excluding carboxylic acids is 1. The molecule has 202 valence electrons. The molecular formula is C24H25ClF4N2O5S. The van der Waals surface area contributed by atoms with Crippen LogP contribution in [0.15, 0.2) is 47.4 Å². The number of carboxylic acid groups (broad SMARTS) is 1. The van der Waals surface area contributed by atoms with Crippen LogP contribution in [0.4, 0.5) is 23.2 Å². The summed E-state index contributed by atoms with van der Waals surface area (Å²) in [5.41, 5.74) is 0.755. The van der Waals surface area contributed by atoms with Crippen molar-refractivity contribution in [2.24, 2.45) is 0 Å². The highest BCUT2D eigenvalue weighted by Crippen LogP contribution is 2.49. The molecule has 2 aliphatic rings. The predicted octanol–water partition coefficient (Wildman–Crippen LogP) is 5.39. The first-order chi connectivity index (χ1) is 17.2. The minimum absolute atomic E-state index is 0.0729. The lowest BCUT2D eigenvalue weighted by molar-refractivity contribution is -0.192. The lowest BCUT2D eigenvalue weighted by Crippen LogP contribution is -2.42. The molecule has 0 spiro atoms. The second-order valence-corrected chi connectivity index (χ2v) is 11.0. The Hall–Kier alpha value is -2.86. The average molecular weight is 565 g/mol. The Labute approximate surface area is 216 Å². The van der Waals surface area contributed by atoms with Gasteiger partial charge >= 0.3 is 12.1 Å². The van der Waals surface area contributed by atoms with E-state index in [1.807, 2.05) is 0 Å². The molecule has 0 aliphatic heterocycles. The van der Waals surface area contributed by atoms with Crippen LogP contribution in [0.3, 0.4) is 0 Å². The van der Waals surface area contributed by atoms with Gasteiger partial charge in [-0.1, -0.05) is 43.0 Å². The SMILES string of the molecule is O=C(NC1CCCCC1)C1(c2ccc(NS(=O)(=O)c3ccc(F)c(Cl)c3)cc2)CC1.O=C(O)C(F)(F)F. The Morgan fingerprint density at radius 2 is 1.57 bits per heavy atom. The number of nitrogens with one attached hydrogen (secondary N) is 2. The molecule has 2 fully saturated rings. The molecule has 0 atom stereocenters. The van der Waals surface area contributed by atoms with Crippen molar-refractivity contribution in [2.75, 3.05) is 4.72 Å². The molecule has 0 bridgehead atoms. The van der Waals surface area contributed by atoms with Crippen LogP contribution in [0.25, 0.3) is 0 Å². The van der Waals surface area contributed by atoms with E-state index in [1.54, 1.807) is 24.3 Å². The van der Waals surface area contributed by atoms with Gasteiger partial charge in [-0.25, -0.2) is 17.6 Å². The minimum atomic E-state index is -5.08. The van der Waals surface area contributed by atoms with E-state index in [9.17, 15) is 30.8 Å². The molecule has 13 heteroatoms. The van der Waals surface area contributed by atoms with Gasteiger partial charge in [-0.15, -0.1) is 0 Å². The number of hydrogen-bond acceptors (Lipinski definition) is 4. The number of hydrogen-bond donors (Lipinski definition) is 3. The zero-order valence-corrected chi connectivity index (χ0v) is 21.0. The molecule has 37 heavy (non-hydrogen) atoms.